The molecule has 0 fully saturated rings. The minimum absolute atomic E-state index is 0.0340. The van der Waals surface area contributed by atoms with Gasteiger partial charge in [0.15, 0.2) is 5.82 Å². The van der Waals surface area contributed by atoms with Crippen molar-refractivity contribution in [2.45, 2.75) is 11.1 Å². The van der Waals surface area contributed by atoms with Crippen molar-refractivity contribution >= 4 is 38.9 Å². The van der Waals surface area contributed by atoms with Gasteiger partial charge in [-0.1, -0.05) is 23.2 Å². The fourth-order valence-corrected chi connectivity index (χ4v) is 4.42. The van der Waals surface area contributed by atoms with E-state index < -0.39 is 31.7 Å². The van der Waals surface area contributed by atoms with Crippen LogP contribution in [0.15, 0.2) is 53.9 Å². The summed E-state index contributed by atoms with van der Waals surface area (Å²) in [7, 11) is -2.82. The number of hydrogen-bond donors (Lipinski definition) is 1. The average molecular weight is 518 g/mol. The Labute approximate surface area is 194 Å². The lowest BCUT2D eigenvalue weighted by atomic mass is 10.2. The van der Waals surface area contributed by atoms with Crippen LogP contribution in [0, 0.1) is 0 Å². The lowest BCUT2D eigenvalue weighted by Gasteiger charge is -2.15. The second-order valence-corrected chi connectivity index (χ2v) is 9.16. The standard InChI is InChI=1S/C18H12Cl2F3N7O2S/c1-29-15(4-5-26-29)30-9-25-27-17(30)16-14(6-10(19)8-24-16)28-33(31,32)11-2-3-13(20)12(7-11)18(21,22)23/h2-9,28H,1H3. The molecule has 172 valence electrons. The quantitative estimate of drug-likeness (QED) is 0.425. The van der Waals surface area contributed by atoms with E-state index in [4.69, 9.17) is 23.2 Å². The van der Waals surface area contributed by atoms with E-state index in [1.807, 2.05) is 0 Å². The first-order valence-electron chi connectivity index (χ1n) is 8.91. The van der Waals surface area contributed by atoms with Crippen LogP contribution in [0.2, 0.25) is 10.0 Å². The van der Waals surface area contributed by atoms with Gasteiger partial charge in [-0.05, 0) is 24.3 Å². The molecule has 3 aromatic heterocycles. The summed E-state index contributed by atoms with van der Waals surface area (Å²) in [5.74, 6) is 0.688. The number of pyridine rings is 1. The van der Waals surface area contributed by atoms with E-state index in [1.54, 1.807) is 13.1 Å². The van der Waals surface area contributed by atoms with Gasteiger partial charge in [-0.15, -0.1) is 10.2 Å². The van der Waals surface area contributed by atoms with E-state index in [1.165, 1.54) is 34.0 Å². The average Bonchev–Trinajstić information content (AvgIpc) is 3.35. The minimum Gasteiger partial charge on any atom is -0.277 e. The zero-order chi connectivity index (χ0) is 24.0. The second-order valence-electron chi connectivity index (χ2n) is 6.63. The molecule has 0 aliphatic heterocycles. The van der Waals surface area contributed by atoms with Crippen molar-refractivity contribution in [1.29, 1.82) is 0 Å². The van der Waals surface area contributed by atoms with E-state index in [2.05, 4.69) is 25.0 Å². The molecule has 4 rings (SSSR count). The fourth-order valence-electron chi connectivity index (χ4n) is 2.96. The smallest absolute Gasteiger partial charge is 0.277 e. The first kappa shape index (κ1) is 23.0. The molecule has 9 nitrogen and oxygen atoms in total. The van der Waals surface area contributed by atoms with E-state index in [-0.39, 0.29) is 22.2 Å². The Bertz CT molecular complexity index is 1450. The van der Waals surface area contributed by atoms with Crippen LogP contribution in [0.1, 0.15) is 5.56 Å². The van der Waals surface area contributed by atoms with Gasteiger partial charge in [0.2, 0.25) is 0 Å². The molecule has 0 spiro atoms. The van der Waals surface area contributed by atoms with Gasteiger partial charge in [-0.3, -0.25) is 14.0 Å². The predicted octanol–water partition coefficient (Wildman–Crippen LogP) is 4.19. The number of hydrogen-bond acceptors (Lipinski definition) is 6. The highest BCUT2D eigenvalue weighted by Gasteiger charge is 2.34. The topological polar surface area (TPSA) is 108 Å². The Morgan fingerprint density at radius 3 is 2.55 bits per heavy atom. The Morgan fingerprint density at radius 2 is 1.88 bits per heavy atom. The van der Waals surface area contributed by atoms with Gasteiger partial charge in [0.05, 0.1) is 32.4 Å². The summed E-state index contributed by atoms with van der Waals surface area (Å²) in [5.41, 5.74) is -1.37. The van der Waals surface area contributed by atoms with Crippen molar-refractivity contribution in [3.8, 4) is 17.3 Å². The van der Waals surface area contributed by atoms with Crippen LogP contribution in [0.3, 0.4) is 0 Å². The van der Waals surface area contributed by atoms with Crippen LogP contribution in [-0.2, 0) is 23.2 Å². The molecule has 0 aliphatic rings. The third-order valence-electron chi connectivity index (χ3n) is 4.45. The molecule has 3 heterocycles. The molecular formula is C18H12Cl2F3N7O2S. The van der Waals surface area contributed by atoms with E-state index >= 15 is 0 Å². The van der Waals surface area contributed by atoms with Gasteiger partial charge in [-0.25, -0.2) is 13.4 Å². The zero-order valence-electron chi connectivity index (χ0n) is 16.4. The van der Waals surface area contributed by atoms with Crippen LogP contribution in [0.25, 0.3) is 17.3 Å². The first-order valence-corrected chi connectivity index (χ1v) is 11.1. The molecule has 0 radical (unpaired) electrons. The van der Waals surface area contributed by atoms with Crippen LogP contribution >= 0.6 is 23.2 Å². The highest BCUT2D eigenvalue weighted by atomic mass is 35.5. The van der Waals surface area contributed by atoms with Crippen LogP contribution in [-0.4, -0.2) is 37.9 Å². The number of halogens is 5. The summed E-state index contributed by atoms with van der Waals surface area (Å²) >= 11 is 11.6. The highest BCUT2D eigenvalue weighted by molar-refractivity contribution is 7.92. The van der Waals surface area contributed by atoms with Crippen molar-refractivity contribution in [3.63, 3.8) is 0 Å². The Kier molecular flexibility index (Phi) is 5.80. The van der Waals surface area contributed by atoms with Gasteiger partial charge >= 0.3 is 6.18 Å². The van der Waals surface area contributed by atoms with Crippen LogP contribution in [0.4, 0.5) is 18.9 Å². The third-order valence-corrected chi connectivity index (χ3v) is 6.35. The van der Waals surface area contributed by atoms with Gasteiger partial charge < -0.3 is 0 Å². The number of anilines is 1. The molecule has 15 heteroatoms. The van der Waals surface area contributed by atoms with Gasteiger partial charge in [0.1, 0.15) is 17.8 Å². The largest absolute Gasteiger partial charge is 0.417 e. The zero-order valence-corrected chi connectivity index (χ0v) is 18.7. The molecule has 1 N–H and O–H groups in total. The molecular weight excluding hydrogens is 506 g/mol. The van der Waals surface area contributed by atoms with Crippen molar-refractivity contribution < 1.29 is 21.6 Å². The molecule has 0 unspecified atom stereocenters. The molecule has 4 aromatic rings. The molecule has 1 aromatic carbocycles. The molecule has 0 bridgehead atoms. The second kappa shape index (κ2) is 8.32. The normalized spacial score (nSPS) is 12.2. The maximum atomic E-state index is 13.2. The lowest BCUT2D eigenvalue weighted by Crippen LogP contribution is -2.16. The van der Waals surface area contributed by atoms with E-state index in [0.717, 1.165) is 12.1 Å². The molecule has 33 heavy (non-hydrogen) atoms. The van der Waals surface area contributed by atoms with Crippen molar-refractivity contribution in [2.75, 3.05) is 4.72 Å². The monoisotopic (exact) mass is 517 g/mol. The summed E-state index contributed by atoms with van der Waals surface area (Å²) in [6.07, 6.45) is -0.668. The number of benzene rings is 1. The molecule has 0 amide bonds. The Balaban J connectivity index is 1.80. The van der Waals surface area contributed by atoms with Gasteiger partial charge in [0.25, 0.3) is 10.0 Å². The number of alkyl halides is 3. The van der Waals surface area contributed by atoms with Crippen LogP contribution < -0.4 is 4.72 Å². The maximum absolute atomic E-state index is 13.2. The Hall–Kier alpha value is -3.16. The number of nitrogens with one attached hydrogen (secondary N) is 1. The van der Waals surface area contributed by atoms with E-state index in [9.17, 15) is 21.6 Å². The summed E-state index contributed by atoms with van der Waals surface area (Å²) in [4.78, 5) is 3.50. The lowest BCUT2D eigenvalue weighted by molar-refractivity contribution is -0.137. The number of aryl methyl sites for hydroxylation is 1. The number of rotatable bonds is 5. The Morgan fingerprint density at radius 1 is 1.12 bits per heavy atom. The van der Waals surface area contributed by atoms with Gasteiger partial charge in [-0.2, -0.15) is 18.3 Å². The highest BCUT2D eigenvalue weighted by Crippen LogP contribution is 2.37. The van der Waals surface area contributed by atoms with Crippen LogP contribution in [0.5, 0.6) is 0 Å². The summed E-state index contributed by atoms with van der Waals surface area (Å²) in [6, 6.07) is 5.18. The SMILES string of the molecule is Cn1nccc1-n1cnnc1-c1ncc(Cl)cc1NS(=O)(=O)c1ccc(Cl)c(C(F)(F)F)c1. The first-order chi connectivity index (χ1) is 15.5. The minimum atomic E-state index is -4.84. The van der Waals surface area contributed by atoms with Crippen molar-refractivity contribution in [2.24, 2.45) is 7.05 Å². The third kappa shape index (κ3) is 4.51. The predicted molar refractivity (Wildman–Crippen MR) is 114 cm³/mol. The molecule has 0 saturated heterocycles. The number of aromatic nitrogens is 6. The van der Waals surface area contributed by atoms with Gasteiger partial charge in [0, 0.05) is 19.3 Å². The molecule has 0 aliphatic carbocycles. The van der Waals surface area contributed by atoms with Crippen molar-refractivity contribution in [3.05, 3.63) is 64.7 Å². The summed E-state index contributed by atoms with van der Waals surface area (Å²) in [5, 5.41) is 11.4. The van der Waals surface area contributed by atoms with Crippen molar-refractivity contribution in [1.82, 2.24) is 29.5 Å². The number of nitrogens with zero attached hydrogens (tertiary/aromatic N) is 6. The van der Waals surface area contributed by atoms with E-state index in [0.29, 0.717) is 11.9 Å². The fraction of sp³-hybridized carbons (Fsp3) is 0.111. The summed E-state index contributed by atoms with van der Waals surface area (Å²) in [6.45, 7) is 0. The summed E-state index contributed by atoms with van der Waals surface area (Å²) < 4.78 is 70.8. The molecule has 0 atom stereocenters. The molecule has 0 saturated carbocycles. The maximum Gasteiger partial charge on any atom is 0.417 e. The number of sulfonamides is 1.